The van der Waals surface area contributed by atoms with Gasteiger partial charge in [-0.1, -0.05) is 29.8 Å². The zero-order valence-corrected chi connectivity index (χ0v) is 20.7. The number of carbonyl (C=O) groups excluding carboxylic acids is 1. The number of methoxy groups -OCH3 is 1. The maximum atomic E-state index is 13.1. The van der Waals surface area contributed by atoms with E-state index in [1.54, 1.807) is 67.6 Å². The van der Waals surface area contributed by atoms with Crippen LogP contribution in [0.2, 0.25) is 5.02 Å². The molecule has 0 saturated heterocycles. The van der Waals surface area contributed by atoms with Crippen LogP contribution in [0.3, 0.4) is 0 Å². The molecule has 3 aromatic carbocycles. The zero-order valence-electron chi connectivity index (χ0n) is 19.1. The van der Waals surface area contributed by atoms with E-state index >= 15 is 0 Å². The van der Waals surface area contributed by atoms with Crippen molar-refractivity contribution in [3.05, 3.63) is 88.8 Å². The second-order valence-corrected chi connectivity index (χ2v) is 9.44. The summed E-state index contributed by atoms with van der Waals surface area (Å²) in [5.41, 5.74) is 1.02. The largest absolute Gasteiger partial charge is 0.510 e. The Bertz CT molecular complexity index is 1400. The number of halogens is 1. The van der Waals surface area contributed by atoms with Crippen LogP contribution in [0, 0.1) is 6.92 Å². The van der Waals surface area contributed by atoms with Crippen LogP contribution in [-0.4, -0.2) is 26.5 Å². The lowest BCUT2D eigenvalue weighted by Crippen LogP contribution is -2.15. The van der Waals surface area contributed by atoms with E-state index in [-0.39, 0.29) is 27.7 Å². The molecule has 0 saturated carbocycles. The number of carbonyl (C=O) groups is 1. The monoisotopic (exact) mass is 514 g/mol. The quantitative estimate of drug-likeness (QED) is 0.194. The summed E-state index contributed by atoms with van der Waals surface area (Å²) in [6.07, 6.45) is 0. The van der Waals surface area contributed by atoms with Crippen molar-refractivity contribution in [1.82, 2.24) is 0 Å². The molecule has 3 aromatic rings. The Morgan fingerprint density at radius 2 is 1.74 bits per heavy atom. The van der Waals surface area contributed by atoms with Crippen molar-refractivity contribution in [2.24, 2.45) is 10.2 Å². The van der Waals surface area contributed by atoms with Gasteiger partial charge in [-0.3, -0.25) is 9.52 Å². The molecule has 0 aromatic heterocycles. The van der Waals surface area contributed by atoms with Gasteiger partial charge in [-0.25, -0.2) is 8.42 Å². The first-order valence-corrected chi connectivity index (χ1v) is 12.1. The molecule has 9 nitrogen and oxygen atoms in total. The highest BCUT2D eigenvalue weighted by Gasteiger charge is 2.20. The molecule has 0 unspecified atom stereocenters. The summed E-state index contributed by atoms with van der Waals surface area (Å²) in [7, 11) is -2.56. The molecule has 11 heteroatoms. The Morgan fingerprint density at radius 3 is 2.40 bits per heavy atom. The number of anilines is 2. The van der Waals surface area contributed by atoms with Gasteiger partial charge in [0.15, 0.2) is 5.70 Å². The molecular formula is C24H23ClN4O5S. The second kappa shape index (κ2) is 11.0. The summed E-state index contributed by atoms with van der Waals surface area (Å²) >= 11 is 5.85. The summed E-state index contributed by atoms with van der Waals surface area (Å²) < 4.78 is 33.8. The first-order valence-electron chi connectivity index (χ1n) is 10.3. The van der Waals surface area contributed by atoms with Gasteiger partial charge in [0.1, 0.15) is 11.5 Å². The van der Waals surface area contributed by atoms with Crippen LogP contribution < -0.4 is 14.8 Å². The van der Waals surface area contributed by atoms with Crippen LogP contribution in [0.5, 0.6) is 5.75 Å². The molecule has 0 aliphatic heterocycles. The van der Waals surface area contributed by atoms with Gasteiger partial charge < -0.3 is 15.2 Å². The predicted molar refractivity (Wildman–Crippen MR) is 135 cm³/mol. The Hall–Kier alpha value is -3.89. The summed E-state index contributed by atoms with van der Waals surface area (Å²) in [6, 6.07) is 17.4. The normalized spacial score (nSPS) is 12.2. The van der Waals surface area contributed by atoms with Gasteiger partial charge in [-0.05, 0) is 67.9 Å². The van der Waals surface area contributed by atoms with E-state index in [0.29, 0.717) is 22.0 Å². The summed E-state index contributed by atoms with van der Waals surface area (Å²) in [4.78, 5) is 12.5. The summed E-state index contributed by atoms with van der Waals surface area (Å²) in [6.45, 7) is 2.93. The number of aryl methyl sites for hydroxylation is 1. The number of benzene rings is 3. The molecule has 3 rings (SSSR count). The van der Waals surface area contributed by atoms with Gasteiger partial charge in [0.05, 0.1) is 23.4 Å². The molecule has 0 atom stereocenters. The average molecular weight is 515 g/mol. The van der Waals surface area contributed by atoms with Gasteiger partial charge in [0.25, 0.3) is 15.9 Å². The van der Waals surface area contributed by atoms with E-state index in [1.165, 1.54) is 20.1 Å². The maximum Gasteiger partial charge on any atom is 0.279 e. The Morgan fingerprint density at radius 1 is 1.06 bits per heavy atom. The van der Waals surface area contributed by atoms with Gasteiger partial charge in [0.2, 0.25) is 0 Å². The number of amides is 1. The van der Waals surface area contributed by atoms with Crippen LogP contribution in [0.15, 0.2) is 93.3 Å². The Labute approximate surface area is 208 Å². The van der Waals surface area contributed by atoms with Gasteiger partial charge in [-0.15, -0.1) is 5.11 Å². The number of ether oxygens (including phenoxy) is 1. The van der Waals surface area contributed by atoms with E-state index in [1.807, 2.05) is 0 Å². The lowest BCUT2D eigenvalue weighted by atomic mass is 10.2. The van der Waals surface area contributed by atoms with Crippen molar-refractivity contribution in [2.45, 2.75) is 18.7 Å². The van der Waals surface area contributed by atoms with Crippen LogP contribution in [0.1, 0.15) is 12.5 Å². The van der Waals surface area contributed by atoms with E-state index in [0.717, 1.165) is 0 Å². The molecular weight excluding hydrogens is 492 g/mol. The third kappa shape index (κ3) is 6.58. The van der Waals surface area contributed by atoms with Gasteiger partial charge in [0, 0.05) is 10.7 Å². The lowest BCUT2D eigenvalue weighted by molar-refractivity contribution is -0.113. The van der Waals surface area contributed by atoms with Crippen LogP contribution in [-0.2, 0) is 14.8 Å². The fourth-order valence-electron chi connectivity index (χ4n) is 2.98. The zero-order chi connectivity index (χ0) is 25.6. The third-order valence-electron chi connectivity index (χ3n) is 4.74. The Balaban J connectivity index is 1.86. The first kappa shape index (κ1) is 25.7. The standard InChI is InChI=1S/C24H23ClN4O5S/c1-15-8-11-19(14-22(15)35(32,33)29-20-6-4-5-7-21(20)34-3)27-28-23(16(2)30)24(31)26-18-12-9-17(25)10-13-18/h4-14,29-30H,1-3H3,(H,26,31). The maximum absolute atomic E-state index is 13.1. The van der Waals surface area contributed by atoms with Crippen molar-refractivity contribution >= 4 is 44.6 Å². The number of hydrogen-bond acceptors (Lipinski definition) is 7. The number of nitrogens with zero attached hydrogens (tertiary/aromatic N) is 2. The van der Waals surface area contributed by atoms with Crippen LogP contribution in [0.25, 0.3) is 0 Å². The first-order chi connectivity index (χ1) is 16.6. The number of nitrogens with one attached hydrogen (secondary N) is 2. The number of hydrogen-bond donors (Lipinski definition) is 3. The molecule has 0 spiro atoms. The molecule has 0 heterocycles. The summed E-state index contributed by atoms with van der Waals surface area (Å²) in [5, 5.41) is 20.9. The minimum atomic E-state index is -4.00. The molecule has 0 fully saturated rings. The van der Waals surface area contributed by atoms with Crippen molar-refractivity contribution in [1.29, 1.82) is 0 Å². The van der Waals surface area contributed by atoms with Crippen molar-refractivity contribution in [3.8, 4) is 5.75 Å². The van der Waals surface area contributed by atoms with E-state index in [4.69, 9.17) is 16.3 Å². The number of para-hydroxylation sites is 2. The SMILES string of the molecule is COc1ccccc1NS(=O)(=O)c1cc(N=NC(C(=O)Nc2ccc(Cl)cc2)=C(C)O)ccc1C. The number of allylic oxidation sites excluding steroid dienone is 1. The minimum Gasteiger partial charge on any atom is -0.510 e. The smallest absolute Gasteiger partial charge is 0.279 e. The molecule has 0 aliphatic carbocycles. The number of rotatable bonds is 8. The highest BCUT2D eigenvalue weighted by molar-refractivity contribution is 7.92. The highest BCUT2D eigenvalue weighted by atomic mass is 35.5. The minimum absolute atomic E-state index is 0.0308. The molecule has 0 aliphatic rings. The third-order valence-corrected chi connectivity index (χ3v) is 6.50. The van der Waals surface area contributed by atoms with Gasteiger partial charge >= 0.3 is 0 Å². The molecule has 3 N–H and O–H groups in total. The van der Waals surface area contributed by atoms with E-state index in [9.17, 15) is 18.3 Å². The molecule has 0 radical (unpaired) electrons. The molecule has 0 bridgehead atoms. The molecule has 182 valence electrons. The highest BCUT2D eigenvalue weighted by Crippen LogP contribution is 2.29. The van der Waals surface area contributed by atoms with Crippen molar-refractivity contribution in [2.75, 3.05) is 17.1 Å². The predicted octanol–water partition coefficient (Wildman–Crippen LogP) is 5.97. The van der Waals surface area contributed by atoms with Gasteiger partial charge in [-0.2, -0.15) is 5.11 Å². The number of aliphatic hydroxyl groups excluding tert-OH is 1. The van der Waals surface area contributed by atoms with Crippen molar-refractivity contribution < 1.29 is 23.1 Å². The number of aliphatic hydroxyl groups is 1. The van der Waals surface area contributed by atoms with E-state index < -0.39 is 15.9 Å². The summed E-state index contributed by atoms with van der Waals surface area (Å²) in [5.74, 6) is -0.698. The lowest BCUT2D eigenvalue weighted by Gasteiger charge is -2.13. The number of sulfonamides is 1. The number of azo groups is 1. The van der Waals surface area contributed by atoms with Crippen molar-refractivity contribution in [3.63, 3.8) is 0 Å². The van der Waals surface area contributed by atoms with Crippen LogP contribution in [0.4, 0.5) is 17.1 Å². The van der Waals surface area contributed by atoms with E-state index in [2.05, 4.69) is 20.3 Å². The topological polar surface area (TPSA) is 129 Å². The second-order valence-electron chi connectivity index (χ2n) is 7.35. The van der Waals surface area contributed by atoms with Crippen LogP contribution >= 0.6 is 11.6 Å². The molecule has 1 amide bonds. The fraction of sp³-hybridized carbons (Fsp3) is 0.125. The average Bonchev–Trinajstić information content (AvgIpc) is 2.81. The molecule has 35 heavy (non-hydrogen) atoms. The Kier molecular flexibility index (Phi) is 8.10. The fourth-order valence-corrected chi connectivity index (χ4v) is 4.44.